The summed E-state index contributed by atoms with van der Waals surface area (Å²) in [6, 6.07) is 6.65. The van der Waals surface area contributed by atoms with Gasteiger partial charge in [0.15, 0.2) is 0 Å². The second kappa shape index (κ2) is 8.35. The number of carboxylic acids is 1. The second-order valence-corrected chi connectivity index (χ2v) is 7.78. The Balaban J connectivity index is 1.53. The zero-order valence-electron chi connectivity index (χ0n) is 15.7. The van der Waals surface area contributed by atoms with Gasteiger partial charge >= 0.3 is 5.97 Å². The number of nitrogens with zero attached hydrogens (tertiary/aromatic N) is 1. The van der Waals surface area contributed by atoms with E-state index in [1.807, 2.05) is 19.9 Å². The summed E-state index contributed by atoms with van der Waals surface area (Å²) in [6.45, 7) is 4.28. The molecule has 8 heteroatoms. The van der Waals surface area contributed by atoms with Crippen molar-refractivity contribution >= 4 is 33.4 Å². The summed E-state index contributed by atoms with van der Waals surface area (Å²) < 4.78 is 0. The highest BCUT2D eigenvalue weighted by molar-refractivity contribution is 7.18. The molecular weight excluding hydrogens is 378 g/mol. The van der Waals surface area contributed by atoms with E-state index < -0.39 is 5.97 Å². The smallest absolute Gasteiger partial charge is 0.335 e. The van der Waals surface area contributed by atoms with Gasteiger partial charge in [-0.2, -0.15) is 0 Å². The largest absolute Gasteiger partial charge is 0.478 e. The molecule has 0 radical (unpaired) electrons. The van der Waals surface area contributed by atoms with Gasteiger partial charge in [-0.25, -0.2) is 9.78 Å². The quantitative estimate of drug-likeness (QED) is 0.565. The molecule has 0 spiro atoms. The van der Waals surface area contributed by atoms with Crippen molar-refractivity contribution in [2.24, 2.45) is 0 Å². The lowest BCUT2D eigenvalue weighted by atomic mass is 10.1. The summed E-state index contributed by atoms with van der Waals surface area (Å²) in [4.78, 5) is 44.3. The Morgan fingerprint density at radius 3 is 2.79 bits per heavy atom. The molecule has 146 valence electrons. The Kier molecular flexibility index (Phi) is 5.89. The highest BCUT2D eigenvalue weighted by Gasteiger charge is 2.12. The fourth-order valence-corrected chi connectivity index (χ4v) is 3.99. The molecule has 3 rings (SSSR count). The fourth-order valence-electron chi connectivity index (χ4n) is 2.94. The molecule has 0 aliphatic carbocycles. The van der Waals surface area contributed by atoms with Crippen molar-refractivity contribution < 1.29 is 14.7 Å². The Labute approximate surface area is 165 Å². The standard InChI is InChI=1S/C20H21N3O4S/c1-11-12(2)28-19-17(11)18(25)22-15(23-19)6-7-16(24)21-9-8-13-4-3-5-14(10-13)20(26)27/h3-5,10H,6-9H2,1-2H3,(H,21,24)(H,26,27)(H,22,23,25). The van der Waals surface area contributed by atoms with Gasteiger partial charge in [-0.15, -0.1) is 11.3 Å². The first-order valence-electron chi connectivity index (χ1n) is 8.93. The molecule has 0 fully saturated rings. The maximum atomic E-state index is 12.3. The van der Waals surface area contributed by atoms with Gasteiger partial charge in [0.25, 0.3) is 5.56 Å². The van der Waals surface area contributed by atoms with Crippen molar-refractivity contribution in [1.29, 1.82) is 0 Å². The molecule has 1 amide bonds. The van der Waals surface area contributed by atoms with Gasteiger partial charge in [-0.1, -0.05) is 12.1 Å². The topological polar surface area (TPSA) is 112 Å². The molecule has 0 saturated carbocycles. The highest BCUT2D eigenvalue weighted by atomic mass is 32.1. The van der Waals surface area contributed by atoms with Crippen LogP contribution in [-0.2, 0) is 17.6 Å². The minimum absolute atomic E-state index is 0.143. The van der Waals surface area contributed by atoms with Gasteiger partial charge in [0.05, 0.1) is 10.9 Å². The molecule has 28 heavy (non-hydrogen) atoms. The molecule has 7 nitrogen and oxygen atoms in total. The van der Waals surface area contributed by atoms with Crippen LogP contribution in [0.15, 0.2) is 29.1 Å². The Morgan fingerprint density at radius 1 is 1.25 bits per heavy atom. The minimum atomic E-state index is -0.972. The number of carbonyl (C=O) groups is 2. The lowest BCUT2D eigenvalue weighted by Gasteiger charge is -2.06. The van der Waals surface area contributed by atoms with Crippen LogP contribution in [-0.4, -0.2) is 33.5 Å². The molecule has 0 atom stereocenters. The third-order valence-electron chi connectivity index (χ3n) is 4.59. The number of aromatic amines is 1. The number of benzene rings is 1. The van der Waals surface area contributed by atoms with Crippen molar-refractivity contribution in [3.05, 3.63) is 62.0 Å². The number of amides is 1. The predicted octanol–water partition coefficient (Wildman–Crippen LogP) is 2.59. The molecular formula is C20H21N3O4S. The molecule has 0 aliphatic heterocycles. The normalized spacial score (nSPS) is 10.9. The number of hydrogen-bond acceptors (Lipinski definition) is 5. The summed E-state index contributed by atoms with van der Waals surface area (Å²) in [5.41, 5.74) is 1.86. The van der Waals surface area contributed by atoms with Crippen LogP contribution in [0.1, 0.15) is 38.6 Å². The van der Waals surface area contributed by atoms with Crippen LogP contribution in [0.3, 0.4) is 0 Å². The van der Waals surface area contributed by atoms with Crippen LogP contribution in [0.5, 0.6) is 0 Å². The van der Waals surface area contributed by atoms with Gasteiger partial charge in [0.2, 0.25) is 5.91 Å². The van der Waals surface area contributed by atoms with E-state index in [0.717, 1.165) is 16.0 Å². The van der Waals surface area contributed by atoms with Gasteiger partial charge in [0.1, 0.15) is 10.7 Å². The number of nitrogens with one attached hydrogen (secondary N) is 2. The lowest BCUT2D eigenvalue weighted by molar-refractivity contribution is -0.121. The maximum absolute atomic E-state index is 12.3. The van der Waals surface area contributed by atoms with E-state index in [9.17, 15) is 14.4 Å². The molecule has 0 aliphatic rings. The molecule has 2 aromatic heterocycles. The van der Waals surface area contributed by atoms with Gasteiger partial charge in [-0.3, -0.25) is 9.59 Å². The fraction of sp³-hybridized carbons (Fsp3) is 0.300. The van der Waals surface area contributed by atoms with E-state index in [1.165, 1.54) is 17.4 Å². The van der Waals surface area contributed by atoms with Crippen LogP contribution in [0.4, 0.5) is 0 Å². The Morgan fingerprint density at radius 2 is 2.04 bits per heavy atom. The highest BCUT2D eigenvalue weighted by Crippen LogP contribution is 2.25. The van der Waals surface area contributed by atoms with E-state index in [2.05, 4.69) is 15.3 Å². The van der Waals surface area contributed by atoms with E-state index >= 15 is 0 Å². The second-order valence-electron chi connectivity index (χ2n) is 6.58. The summed E-state index contributed by atoms with van der Waals surface area (Å²) >= 11 is 1.48. The number of hydrogen-bond donors (Lipinski definition) is 3. The molecule has 0 unspecified atom stereocenters. The summed E-state index contributed by atoms with van der Waals surface area (Å²) in [5.74, 6) is -0.612. The van der Waals surface area contributed by atoms with Crippen LogP contribution >= 0.6 is 11.3 Å². The zero-order valence-corrected chi connectivity index (χ0v) is 16.5. The summed E-state index contributed by atoms with van der Waals surface area (Å²) in [6.07, 6.45) is 1.11. The van der Waals surface area contributed by atoms with Crippen LogP contribution in [0, 0.1) is 13.8 Å². The number of aryl methyl sites for hydroxylation is 3. The minimum Gasteiger partial charge on any atom is -0.478 e. The molecule has 2 heterocycles. The SMILES string of the molecule is Cc1sc2nc(CCC(=O)NCCc3cccc(C(=O)O)c3)[nH]c(=O)c2c1C. The number of H-pyrrole nitrogens is 1. The molecule has 0 saturated heterocycles. The van der Waals surface area contributed by atoms with Gasteiger partial charge in [0, 0.05) is 24.3 Å². The third-order valence-corrected chi connectivity index (χ3v) is 5.69. The van der Waals surface area contributed by atoms with Crippen molar-refractivity contribution in [2.45, 2.75) is 33.1 Å². The van der Waals surface area contributed by atoms with Crippen LogP contribution in [0.25, 0.3) is 10.2 Å². The van der Waals surface area contributed by atoms with E-state index in [4.69, 9.17) is 5.11 Å². The number of rotatable bonds is 7. The van der Waals surface area contributed by atoms with E-state index in [0.29, 0.717) is 35.4 Å². The van der Waals surface area contributed by atoms with Crippen molar-refractivity contribution in [3.8, 4) is 0 Å². The summed E-state index contributed by atoms with van der Waals surface area (Å²) in [7, 11) is 0. The first kappa shape index (κ1) is 19.8. The first-order chi connectivity index (χ1) is 13.3. The van der Waals surface area contributed by atoms with Crippen molar-refractivity contribution in [2.75, 3.05) is 6.54 Å². The maximum Gasteiger partial charge on any atom is 0.335 e. The summed E-state index contributed by atoms with van der Waals surface area (Å²) in [5, 5.41) is 12.4. The Bertz CT molecular complexity index is 1100. The van der Waals surface area contributed by atoms with E-state index in [1.54, 1.807) is 12.1 Å². The predicted molar refractivity (Wildman–Crippen MR) is 108 cm³/mol. The number of thiophene rings is 1. The monoisotopic (exact) mass is 399 g/mol. The average molecular weight is 399 g/mol. The number of carboxylic acid groups (broad SMARTS) is 1. The average Bonchev–Trinajstić information content (AvgIpc) is 2.94. The molecule has 3 aromatic rings. The third kappa shape index (κ3) is 4.45. The van der Waals surface area contributed by atoms with Crippen molar-refractivity contribution in [1.82, 2.24) is 15.3 Å². The van der Waals surface area contributed by atoms with Crippen molar-refractivity contribution in [3.63, 3.8) is 0 Å². The lowest BCUT2D eigenvalue weighted by Crippen LogP contribution is -2.26. The van der Waals surface area contributed by atoms with Crippen LogP contribution in [0.2, 0.25) is 0 Å². The van der Waals surface area contributed by atoms with Gasteiger partial charge < -0.3 is 15.4 Å². The number of fused-ring (bicyclic) bond motifs is 1. The van der Waals surface area contributed by atoms with E-state index in [-0.39, 0.29) is 23.5 Å². The van der Waals surface area contributed by atoms with Crippen LogP contribution < -0.4 is 10.9 Å². The molecule has 0 bridgehead atoms. The zero-order chi connectivity index (χ0) is 20.3. The molecule has 1 aromatic carbocycles. The number of aromatic carboxylic acids is 1. The Hall–Kier alpha value is -3.00. The number of aromatic nitrogens is 2. The number of carbonyl (C=O) groups excluding carboxylic acids is 1. The van der Waals surface area contributed by atoms with Gasteiger partial charge in [-0.05, 0) is 43.5 Å². The molecule has 3 N–H and O–H groups in total. The first-order valence-corrected chi connectivity index (χ1v) is 9.74.